The Bertz CT molecular complexity index is 951. The largest absolute Gasteiger partial charge is 0.508 e. The number of amides is 4. The zero-order valence-corrected chi connectivity index (χ0v) is 18.9. The maximum absolute atomic E-state index is 12.9. The van der Waals surface area contributed by atoms with E-state index < -0.39 is 66.2 Å². The van der Waals surface area contributed by atoms with Crippen LogP contribution in [-0.4, -0.2) is 75.1 Å². The lowest BCUT2D eigenvalue weighted by Gasteiger charge is -2.24. The summed E-state index contributed by atoms with van der Waals surface area (Å²) in [5.74, 6) is -6.13. The molecule has 35 heavy (non-hydrogen) atoms. The van der Waals surface area contributed by atoms with Crippen molar-refractivity contribution in [1.82, 2.24) is 16.0 Å². The average Bonchev–Trinajstić information content (AvgIpc) is 2.76. The van der Waals surface area contributed by atoms with Gasteiger partial charge in [0.1, 0.15) is 23.9 Å². The molecule has 14 nitrogen and oxygen atoms in total. The van der Waals surface area contributed by atoms with Crippen LogP contribution in [0.4, 0.5) is 0 Å². The summed E-state index contributed by atoms with van der Waals surface area (Å²) in [5.41, 5.74) is 11.0. The number of primary amides is 1. The van der Waals surface area contributed by atoms with Gasteiger partial charge in [-0.25, -0.2) is 4.79 Å². The van der Waals surface area contributed by atoms with E-state index in [1.807, 2.05) is 0 Å². The molecule has 1 aromatic carbocycles. The Kier molecular flexibility index (Phi) is 11.1. The van der Waals surface area contributed by atoms with Crippen LogP contribution in [-0.2, 0) is 35.2 Å². The van der Waals surface area contributed by atoms with Crippen LogP contribution in [0.3, 0.4) is 0 Å². The maximum Gasteiger partial charge on any atom is 0.326 e. The van der Waals surface area contributed by atoms with Gasteiger partial charge in [0, 0.05) is 12.8 Å². The van der Waals surface area contributed by atoms with Gasteiger partial charge in [-0.05, 0) is 31.0 Å². The van der Waals surface area contributed by atoms with Crippen molar-refractivity contribution in [2.24, 2.45) is 11.5 Å². The highest BCUT2D eigenvalue weighted by Crippen LogP contribution is 2.12. The molecule has 1 aromatic rings. The number of carbonyl (C=O) groups excluding carboxylic acids is 4. The van der Waals surface area contributed by atoms with Crippen molar-refractivity contribution in [2.75, 3.05) is 0 Å². The van der Waals surface area contributed by atoms with Gasteiger partial charge < -0.3 is 42.7 Å². The molecular formula is C21H29N5O9. The number of hydrogen-bond acceptors (Lipinski definition) is 8. The molecule has 0 bridgehead atoms. The van der Waals surface area contributed by atoms with Crippen molar-refractivity contribution in [1.29, 1.82) is 0 Å². The lowest BCUT2D eigenvalue weighted by Crippen LogP contribution is -2.57. The SMILES string of the molecule is CC(NC(=O)C(N)CC(=O)O)C(=O)NC(Cc1ccc(O)cc1)C(=O)NC(CCC(N)=O)C(=O)O. The van der Waals surface area contributed by atoms with Crippen LogP contribution in [0.25, 0.3) is 0 Å². The van der Waals surface area contributed by atoms with Crippen LogP contribution in [0.2, 0.25) is 0 Å². The van der Waals surface area contributed by atoms with E-state index in [-0.39, 0.29) is 25.0 Å². The first-order chi connectivity index (χ1) is 16.3. The number of aliphatic carboxylic acids is 2. The Morgan fingerprint density at radius 2 is 1.46 bits per heavy atom. The van der Waals surface area contributed by atoms with Gasteiger partial charge in [0.2, 0.25) is 23.6 Å². The van der Waals surface area contributed by atoms with Gasteiger partial charge in [-0.1, -0.05) is 12.1 Å². The molecule has 4 amide bonds. The number of phenolic OH excluding ortho intramolecular Hbond substituents is 1. The van der Waals surface area contributed by atoms with Crippen LogP contribution >= 0.6 is 0 Å². The number of rotatable bonds is 14. The van der Waals surface area contributed by atoms with E-state index >= 15 is 0 Å². The Labute approximate surface area is 200 Å². The van der Waals surface area contributed by atoms with Crippen molar-refractivity contribution in [3.63, 3.8) is 0 Å². The highest BCUT2D eigenvalue weighted by atomic mass is 16.4. The average molecular weight is 495 g/mol. The fourth-order valence-electron chi connectivity index (χ4n) is 2.86. The van der Waals surface area contributed by atoms with Crippen LogP contribution in [0.1, 0.15) is 31.7 Å². The van der Waals surface area contributed by atoms with E-state index in [4.69, 9.17) is 16.6 Å². The van der Waals surface area contributed by atoms with Gasteiger partial charge >= 0.3 is 11.9 Å². The fourth-order valence-corrected chi connectivity index (χ4v) is 2.86. The van der Waals surface area contributed by atoms with E-state index in [1.165, 1.54) is 31.2 Å². The summed E-state index contributed by atoms with van der Waals surface area (Å²) in [4.78, 5) is 70.7. The number of nitrogens with one attached hydrogen (secondary N) is 3. The standard InChI is InChI=1S/C21H29N5O9/c1-10(24-19(32)13(22)9-17(29)30)18(31)26-15(8-11-2-4-12(27)5-3-11)20(33)25-14(21(34)35)6-7-16(23)28/h2-5,10,13-15,27H,6-9,22H2,1H3,(H2,23,28)(H,24,32)(H,25,33)(H,26,31)(H,29,30)(H,34,35). The summed E-state index contributed by atoms with van der Waals surface area (Å²) in [6.45, 7) is 1.28. The Morgan fingerprint density at radius 3 is 1.97 bits per heavy atom. The molecule has 0 aliphatic rings. The molecule has 0 spiro atoms. The highest BCUT2D eigenvalue weighted by Gasteiger charge is 2.29. The first kappa shape index (κ1) is 28.8. The molecule has 4 unspecified atom stereocenters. The molecule has 14 heteroatoms. The normalized spacial score (nSPS) is 14.0. The monoisotopic (exact) mass is 495 g/mol. The second-order valence-corrected chi connectivity index (χ2v) is 7.77. The van der Waals surface area contributed by atoms with Crippen molar-refractivity contribution in [3.8, 4) is 5.75 Å². The van der Waals surface area contributed by atoms with Crippen LogP contribution in [0.15, 0.2) is 24.3 Å². The lowest BCUT2D eigenvalue weighted by atomic mass is 10.0. The second-order valence-electron chi connectivity index (χ2n) is 7.77. The molecule has 0 heterocycles. The smallest absolute Gasteiger partial charge is 0.326 e. The molecule has 0 fully saturated rings. The number of phenols is 1. The van der Waals surface area contributed by atoms with Gasteiger partial charge in [0.25, 0.3) is 0 Å². The van der Waals surface area contributed by atoms with Gasteiger partial charge in [-0.3, -0.25) is 24.0 Å². The van der Waals surface area contributed by atoms with E-state index in [0.29, 0.717) is 5.56 Å². The third kappa shape index (κ3) is 10.5. The Hall–Kier alpha value is -4.20. The predicted octanol–water partition coefficient (Wildman–Crippen LogP) is -2.44. The molecule has 192 valence electrons. The zero-order valence-electron chi connectivity index (χ0n) is 18.9. The van der Waals surface area contributed by atoms with E-state index in [0.717, 1.165) is 0 Å². The molecule has 0 saturated heterocycles. The molecule has 0 aromatic heterocycles. The Morgan fingerprint density at radius 1 is 0.886 bits per heavy atom. The molecule has 0 aliphatic carbocycles. The Balaban J connectivity index is 2.99. The first-order valence-corrected chi connectivity index (χ1v) is 10.5. The van der Waals surface area contributed by atoms with Crippen molar-refractivity contribution in [3.05, 3.63) is 29.8 Å². The predicted molar refractivity (Wildman–Crippen MR) is 120 cm³/mol. The zero-order chi connectivity index (χ0) is 26.7. The van der Waals surface area contributed by atoms with Crippen LogP contribution in [0.5, 0.6) is 5.75 Å². The summed E-state index contributed by atoms with van der Waals surface area (Å²) in [5, 5.41) is 34.4. The minimum atomic E-state index is -1.46. The minimum absolute atomic E-state index is 0.0368. The molecule has 1 rings (SSSR count). The maximum atomic E-state index is 12.9. The third-order valence-electron chi connectivity index (χ3n) is 4.79. The second kappa shape index (κ2) is 13.5. The third-order valence-corrected chi connectivity index (χ3v) is 4.79. The van der Waals surface area contributed by atoms with Gasteiger partial charge in [-0.15, -0.1) is 0 Å². The van der Waals surface area contributed by atoms with Gasteiger partial charge in [-0.2, -0.15) is 0 Å². The number of nitrogens with two attached hydrogens (primary N) is 2. The summed E-state index contributed by atoms with van der Waals surface area (Å²) < 4.78 is 0. The number of carbonyl (C=O) groups is 6. The highest BCUT2D eigenvalue weighted by molar-refractivity contribution is 5.94. The molecule has 10 N–H and O–H groups in total. The summed E-state index contributed by atoms with van der Waals surface area (Å²) in [6.07, 6.45) is -1.34. The number of aromatic hydroxyl groups is 1. The molecule has 0 radical (unpaired) electrons. The molecule has 0 aliphatic heterocycles. The fraction of sp³-hybridized carbons (Fsp3) is 0.429. The van der Waals surface area contributed by atoms with Crippen molar-refractivity contribution >= 4 is 35.6 Å². The minimum Gasteiger partial charge on any atom is -0.508 e. The van der Waals surface area contributed by atoms with E-state index in [2.05, 4.69) is 16.0 Å². The van der Waals surface area contributed by atoms with Crippen molar-refractivity contribution < 1.29 is 44.1 Å². The van der Waals surface area contributed by atoms with Gasteiger partial charge in [0.05, 0.1) is 12.5 Å². The molecule has 0 saturated carbocycles. The number of carboxylic acids is 2. The lowest BCUT2D eigenvalue weighted by molar-refractivity contribution is -0.142. The van der Waals surface area contributed by atoms with Crippen LogP contribution in [0, 0.1) is 0 Å². The number of carboxylic acid groups (broad SMARTS) is 2. The van der Waals surface area contributed by atoms with Crippen molar-refractivity contribution in [2.45, 2.75) is 56.8 Å². The molecule has 4 atom stereocenters. The quantitative estimate of drug-likeness (QED) is 0.135. The van der Waals surface area contributed by atoms with Crippen LogP contribution < -0.4 is 27.4 Å². The first-order valence-electron chi connectivity index (χ1n) is 10.5. The van der Waals surface area contributed by atoms with E-state index in [9.17, 15) is 39.0 Å². The van der Waals surface area contributed by atoms with E-state index in [1.54, 1.807) is 0 Å². The summed E-state index contributed by atoms with van der Waals surface area (Å²) >= 11 is 0. The number of hydrogen-bond donors (Lipinski definition) is 8. The summed E-state index contributed by atoms with van der Waals surface area (Å²) in [6, 6.07) is 0.287. The number of benzene rings is 1. The van der Waals surface area contributed by atoms with Gasteiger partial charge in [0.15, 0.2) is 0 Å². The molecular weight excluding hydrogens is 466 g/mol. The summed E-state index contributed by atoms with van der Waals surface area (Å²) in [7, 11) is 0. The topological polar surface area (TPSA) is 251 Å².